The van der Waals surface area contributed by atoms with Crippen LogP contribution in [0.1, 0.15) is 0 Å². The standard InChI is InChI=1S/3CHNO.Fe/c3*2-1-3;/h3*3H;. The molecule has 0 spiro atoms. The van der Waals surface area contributed by atoms with Crippen LogP contribution in [0.15, 0.2) is 0 Å². The van der Waals surface area contributed by atoms with Gasteiger partial charge in [-0.15, -0.1) is 0 Å². The second-order valence-corrected chi connectivity index (χ2v) is 0.300. The van der Waals surface area contributed by atoms with Crippen LogP contribution in [-0.4, -0.2) is 15.3 Å². The molecule has 7 heteroatoms. The molecule has 0 saturated heterocycles. The zero-order valence-corrected chi connectivity index (χ0v) is 5.64. The molecule has 0 saturated carbocycles. The van der Waals surface area contributed by atoms with Gasteiger partial charge in [0.2, 0.25) is 0 Å². The monoisotopic (exact) mass is 185 g/mol. The number of rotatable bonds is 0. The van der Waals surface area contributed by atoms with Gasteiger partial charge in [-0.05, 0) is 0 Å². The SMILES string of the molecule is N#CO.N#CO.N#CO.[Fe]. The van der Waals surface area contributed by atoms with E-state index in [-0.39, 0.29) is 17.1 Å². The minimum absolute atomic E-state index is 0. The van der Waals surface area contributed by atoms with Gasteiger partial charge in [-0.25, -0.2) is 0 Å². The molecule has 0 fully saturated rings. The minimum atomic E-state index is 0. The number of nitrogens with zero attached hydrogens (tertiary/aromatic N) is 3. The Morgan fingerprint density at radius 2 is 0.700 bits per heavy atom. The molecule has 0 bridgehead atoms. The smallest absolute Gasteiger partial charge is 0.283 e. The molecule has 0 aromatic carbocycles. The first-order chi connectivity index (χ1) is 4.24. The minimum Gasteiger partial charge on any atom is -0.443 e. The van der Waals surface area contributed by atoms with Crippen LogP contribution in [0.3, 0.4) is 0 Å². The van der Waals surface area contributed by atoms with Gasteiger partial charge in [0.05, 0.1) is 0 Å². The summed E-state index contributed by atoms with van der Waals surface area (Å²) in [6, 6.07) is 0. The van der Waals surface area contributed by atoms with Gasteiger partial charge < -0.3 is 15.3 Å². The first kappa shape index (κ1) is 23.8. The average Bonchev–Trinajstić information content (AvgIpc) is 1.70. The maximum atomic E-state index is 6.88. The van der Waals surface area contributed by atoms with E-state index in [2.05, 4.69) is 0 Å². The van der Waals surface area contributed by atoms with Crippen molar-refractivity contribution in [2.24, 2.45) is 0 Å². The Morgan fingerprint density at radius 1 is 0.700 bits per heavy atom. The summed E-state index contributed by atoms with van der Waals surface area (Å²) < 4.78 is 0. The van der Waals surface area contributed by atoms with E-state index < -0.39 is 0 Å². The maximum absolute atomic E-state index is 6.88. The predicted octanol–water partition coefficient (Wildman–Crippen LogP) is -0.483. The molecular weight excluding hydrogens is 182 g/mol. The zero-order chi connectivity index (χ0) is 8.12. The molecule has 6 nitrogen and oxygen atoms in total. The fourth-order valence-corrected chi connectivity index (χ4v) is 0. The summed E-state index contributed by atoms with van der Waals surface area (Å²) in [5.41, 5.74) is 0. The van der Waals surface area contributed by atoms with Gasteiger partial charge in [0.15, 0.2) is 0 Å². The van der Waals surface area contributed by atoms with Gasteiger partial charge in [-0.2, -0.15) is 15.8 Å². The topological polar surface area (TPSA) is 132 Å². The summed E-state index contributed by atoms with van der Waals surface area (Å²) in [6.45, 7) is 0. The molecule has 56 valence electrons. The Kier molecular flexibility index (Phi) is 372. The molecule has 0 heterocycles. The molecule has 0 rings (SSSR count). The summed E-state index contributed by atoms with van der Waals surface area (Å²) >= 11 is 0. The van der Waals surface area contributed by atoms with Gasteiger partial charge in [-0.3, -0.25) is 0 Å². The van der Waals surface area contributed by atoms with Crippen molar-refractivity contribution in [2.45, 2.75) is 0 Å². The molecule has 0 atom stereocenters. The number of aliphatic hydroxyl groups is 3. The second-order valence-electron chi connectivity index (χ2n) is 0.300. The van der Waals surface area contributed by atoms with E-state index in [0.29, 0.717) is 0 Å². The number of hydrogen-bond acceptors (Lipinski definition) is 6. The molecule has 0 aliphatic heterocycles. The second kappa shape index (κ2) is 156. The Morgan fingerprint density at radius 3 is 0.700 bits per heavy atom. The summed E-state index contributed by atoms with van der Waals surface area (Å²) in [4.78, 5) is 0. The third-order valence-electron chi connectivity index (χ3n) is 0. The molecule has 10 heavy (non-hydrogen) atoms. The van der Waals surface area contributed by atoms with Crippen LogP contribution in [0.5, 0.6) is 0 Å². The van der Waals surface area contributed by atoms with E-state index >= 15 is 0 Å². The van der Waals surface area contributed by atoms with E-state index in [4.69, 9.17) is 31.1 Å². The number of nitriles is 3. The first-order valence-corrected chi connectivity index (χ1v) is 1.34. The van der Waals surface area contributed by atoms with Gasteiger partial charge in [0.1, 0.15) is 0 Å². The molecule has 0 aromatic rings. The Balaban J connectivity index is -0.0000000257. The normalized spacial score (nSPS) is 2.10. The van der Waals surface area contributed by atoms with Crippen molar-refractivity contribution >= 4 is 0 Å². The van der Waals surface area contributed by atoms with E-state index in [9.17, 15) is 0 Å². The Bertz CT molecular complexity index is 112. The van der Waals surface area contributed by atoms with Crippen LogP contribution in [-0.2, 0) is 17.1 Å². The molecule has 0 amide bonds. The summed E-state index contributed by atoms with van der Waals surface area (Å²) in [5, 5.41) is 41.2. The molecule has 0 aliphatic carbocycles. The summed E-state index contributed by atoms with van der Waals surface area (Å²) in [5.74, 6) is 0. The molecule has 0 aliphatic rings. The molecular formula is C3H3FeN3O3. The van der Waals surface area contributed by atoms with Crippen LogP contribution >= 0.6 is 0 Å². The largest absolute Gasteiger partial charge is 0.443 e. The molecule has 0 radical (unpaired) electrons. The van der Waals surface area contributed by atoms with Crippen molar-refractivity contribution < 1.29 is 32.4 Å². The van der Waals surface area contributed by atoms with Crippen molar-refractivity contribution in [2.75, 3.05) is 0 Å². The van der Waals surface area contributed by atoms with Crippen molar-refractivity contribution in [1.29, 1.82) is 15.8 Å². The average molecular weight is 185 g/mol. The zero-order valence-electron chi connectivity index (χ0n) is 4.54. The first-order valence-electron chi connectivity index (χ1n) is 1.34. The van der Waals surface area contributed by atoms with Crippen molar-refractivity contribution in [3.63, 3.8) is 0 Å². The van der Waals surface area contributed by atoms with Crippen LogP contribution < -0.4 is 0 Å². The molecule has 0 unspecified atom stereocenters. The van der Waals surface area contributed by atoms with Gasteiger partial charge in [-0.1, -0.05) is 0 Å². The van der Waals surface area contributed by atoms with Gasteiger partial charge >= 0.3 is 0 Å². The fraction of sp³-hybridized carbons (Fsp3) is 0. The van der Waals surface area contributed by atoms with Crippen LogP contribution in [0.2, 0.25) is 0 Å². The number of aliphatic hydroxyl groups excluding tert-OH is 3. The third kappa shape index (κ3) is 71.6. The van der Waals surface area contributed by atoms with Gasteiger partial charge in [0.25, 0.3) is 18.8 Å². The van der Waals surface area contributed by atoms with Crippen molar-refractivity contribution in [1.82, 2.24) is 0 Å². The van der Waals surface area contributed by atoms with Crippen LogP contribution in [0.25, 0.3) is 0 Å². The fourth-order valence-electron chi connectivity index (χ4n) is 0. The third-order valence-corrected chi connectivity index (χ3v) is 0. The Labute approximate surface area is 67.6 Å². The predicted molar refractivity (Wildman–Crippen MR) is 22.6 cm³/mol. The van der Waals surface area contributed by atoms with E-state index in [1.54, 1.807) is 0 Å². The summed E-state index contributed by atoms with van der Waals surface area (Å²) in [6.07, 6.45) is 2.25. The van der Waals surface area contributed by atoms with Crippen LogP contribution in [0, 0.1) is 34.6 Å². The van der Waals surface area contributed by atoms with E-state index in [1.165, 1.54) is 0 Å². The van der Waals surface area contributed by atoms with E-state index in [1.807, 2.05) is 0 Å². The molecule has 0 aromatic heterocycles. The Hall–Kier alpha value is -1.61. The quantitative estimate of drug-likeness (QED) is 0.344. The molecule has 3 N–H and O–H groups in total. The van der Waals surface area contributed by atoms with Crippen molar-refractivity contribution in [3.05, 3.63) is 0 Å². The maximum Gasteiger partial charge on any atom is 0.283 e. The summed E-state index contributed by atoms with van der Waals surface area (Å²) in [7, 11) is 0. The van der Waals surface area contributed by atoms with Crippen LogP contribution in [0.4, 0.5) is 0 Å². The van der Waals surface area contributed by atoms with E-state index in [0.717, 1.165) is 18.8 Å². The van der Waals surface area contributed by atoms with Crippen molar-refractivity contribution in [3.8, 4) is 18.8 Å². The van der Waals surface area contributed by atoms with Gasteiger partial charge in [0, 0.05) is 17.1 Å². The number of hydrogen-bond donors (Lipinski definition) is 3.